The summed E-state index contributed by atoms with van der Waals surface area (Å²) in [6.07, 6.45) is 5.23. The van der Waals surface area contributed by atoms with Gasteiger partial charge in [0.25, 0.3) is 15.9 Å². The minimum absolute atomic E-state index is 0.112. The maximum absolute atomic E-state index is 13.5. The molecule has 1 N–H and O–H groups in total. The Morgan fingerprint density at radius 3 is 2.57 bits per heavy atom. The molecule has 35 heavy (non-hydrogen) atoms. The van der Waals surface area contributed by atoms with E-state index in [4.69, 9.17) is 0 Å². The quantitative estimate of drug-likeness (QED) is 0.428. The molecule has 7 nitrogen and oxygen atoms in total. The Balaban J connectivity index is 1.33. The largest absolute Gasteiger partial charge is 0.348 e. The molecular weight excluding hydrogens is 460 g/mol. The number of aryl methyl sites for hydroxylation is 1. The summed E-state index contributed by atoms with van der Waals surface area (Å²) in [5, 5.41) is 7.18. The minimum atomic E-state index is -3.79. The second-order valence-electron chi connectivity index (χ2n) is 8.49. The van der Waals surface area contributed by atoms with Crippen molar-refractivity contribution >= 4 is 21.6 Å². The molecule has 0 saturated carbocycles. The second-order valence-corrected chi connectivity index (χ2v) is 10.4. The molecule has 0 aliphatic carbocycles. The van der Waals surface area contributed by atoms with Crippen molar-refractivity contribution in [2.24, 2.45) is 0 Å². The lowest BCUT2D eigenvalue weighted by Gasteiger charge is -2.30. The van der Waals surface area contributed by atoms with Crippen molar-refractivity contribution in [1.29, 1.82) is 0 Å². The van der Waals surface area contributed by atoms with Crippen molar-refractivity contribution in [1.82, 2.24) is 15.1 Å². The van der Waals surface area contributed by atoms with Crippen molar-refractivity contribution in [2.45, 2.75) is 30.8 Å². The molecule has 0 radical (unpaired) electrons. The van der Waals surface area contributed by atoms with Crippen LogP contribution in [0.15, 0.2) is 96.2 Å². The average Bonchev–Trinajstić information content (AvgIpc) is 3.41. The van der Waals surface area contributed by atoms with Crippen molar-refractivity contribution in [2.75, 3.05) is 10.8 Å². The number of nitrogens with one attached hydrogen (secondary N) is 1. The number of para-hydroxylation sites is 1. The van der Waals surface area contributed by atoms with Gasteiger partial charge in [0.15, 0.2) is 0 Å². The van der Waals surface area contributed by atoms with E-state index >= 15 is 0 Å². The lowest BCUT2D eigenvalue weighted by atomic mass is 10.0. The highest BCUT2D eigenvalue weighted by molar-refractivity contribution is 7.92. The number of anilines is 1. The van der Waals surface area contributed by atoms with E-state index in [-0.39, 0.29) is 10.8 Å². The standard InChI is InChI=1S/C27H26N4O3S/c32-27(28-19-23-9-1-2-10-24(23)20-30-16-7-15-29-30)22-11-5-13-25(18-22)35(33,34)31-17-6-12-21-8-3-4-14-26(21)31/h1-5,7-11,13-16,18H,6,12,17,19-20H2,(H,28,32). The summed E-state index contributed by atoms with van der Waals surface area (Å²) in [7, 11) is -3.79. The predicted octanol–water partition coefficient (Wildman–Crippen LogP) is 4.00. The smallest absolute Gasteiger partial charge is 0.264 e. The summed E-state index contributed by atoms with van der Waals surface area (Å²) in [5.41, 5.74) is 4.06. The van der Waals surface area contributed by atoms with Crippen LogP contribution in [0.3, 0.4) is 0 Å². The molecule has 0 atom stereocenters. The van der Waals surface area contributed by atoms with E-state index in [1.165, 1.54) is 10.4 Å². The van der Waals surface area contributed by atoms with Gasteiger partial charge in [0, 0.05) is 31.0 Å². The van der Waals surface area contributed by atoms with Gasteiger partial charge in [0.1, 0.15) is 0 Å². The lowest BCUT2D eigenvalue weighted by Crippen LogP contribution is -2.35. The van der Waals surface area contributed by atoms with Gasteiger partial charge in [0.2, 0.25) is 0 Å². The Morgan fingerprint density at radius 1 is 0.943 bits per heavy atom. The molecule has 5 rings (SSSR count). The van der Waals surface area contributed by atoms with Gasteiger partial charge in [-0.15, -0.1) is 0 Å². The summed E-state index contributed by atoms with van der Waals surface area (Å²) in [6, 6.07) is 23.5. The summed E-state index contributed by atoms with van der Waals surface area (Å²) < 4.78 is 30.3. The first kappa shape index (κ1) is 22.9. The van der Waals surface area contributed by atoms with Gasteiger partial charge in [-0.05, 0) is 59.9 Å². The fourth-order valence-electron chi connectivity index (χ4n) is 4.40. The van der Waals surface area contributed by atoms with E-state index in [9.17, 15) is 13.2 Å². The molecule has 1 aliphatic rings. The van der Waals surface area contributed by atoms with Crippen molar-refractivity contribution in [3.05, 3.63) is 114 Å². The van der Waals surface area contributed by atoms with E-state index in [2.05, 4.69) is 10.4 Å². The number of hydrogen-bond acceptors (Lipinski definition) is 4. The molecule has 1 aliphatic heterocycles. The maximum Gasteiger partial charge on any atom is 0.264 e. The summed E-state index contributed by atoms with van der Waals surface area (Å²) in [5.74, 6) is -0.324. The number of hydrogen-bond donors (Lipinski definition) is 1. The van der Waals surface area contributed by atoms with Crippen LogP contribution in [0.4, 0.5) is 5.69 Å². The third-order valence-electron chi connectivity index (χ3n) is 6.20. The predicted molar refractivity (Wildman–Crippen MR) is 135 cm³/mol. The Bertz CT molecular complexity index is 1450. The topological polar surface area (TPSA) is 84.3 Å². The number of fused-ring (bicyclic) bond motifs is 1. The van der Waals surface area contributed by atoms with E-state index in [1.54, 1.807) is 24.4 Å². The Labute approximate surface area is 205 Å². The van der Waals surface area contributed by atoms with Crippen molar-refractivity contribution in [3.63, 3.8) is 0 Å². The average molecular weight is 487 g/mol. The number of amides is 1. The van der Waals surface area contributed by atoms with E-state index in [1.807, 2.05) is 65.5 Å². The molecule has 0 fully saturated rings. The number of carbonyl (C=O) groups excluding carboxylic acids is 1. The third kappa shape index (κ3) is 4.83. The molecule has 4 aromatic rings. The Kier molecular flexibility index (Phi) is 6.37. The van der Waals surface area contributed by atoms with Crippen LogP contribution in [0.2, 0.25) is 0 Å². The molecule has 2 heterocycles. The molecule has 1 amide bonds. The number of rotatable bonds is 7. The van der Waals surface area contributed by atoms with Gasteiger partial charge >= 0.3 is 0 Å². The first-order chi connectivity index (χ1) is 17.0. The highest BCUT2D eigenvalue weighted by Gasteiger charge is 2.29. The number of nitrogens with zero attached hydrogens (tertiary/aromatic N) is 3. The number of carbonyl (C=O) groups is 1. The first-order valence-electron chi connectivity index (χ1n) is 11.6. The van der Waals surface area contributed by atoms with Crippen molar-refractivity contribution < 1.29 is 13.2 Å². The summed E-state index contributed by atoms with van der Waals surface area (Å²) in [6.45, 7) is 1.35. The van der Waals surface area contributed by atoms with Gasteiger partial charge in [-0.25, -0.2) is 8.42 Å². The SMILES string of the molecule is O=C(NCc1ccccc1Cn1cccn1)c1cccc(S(=O)(=O)N2CCCc3ccccc32)c1. The highest BCUT2D eigenvalue weighted by Crippen LogP contribution is 2.32. The minimum Gasteiger partial charge on any atom is -0.348 e. The first-order valence-corrected chi connectivity index (χ1v) is 13.0. The molecule has 3 aromatic carbocycles. The number of aromatic nitrogens is 2. The molecular formula is C27H26N4O3S. The summed E-state index contributed by atoms with van der Waals surface area (Å²) >= 11 is 0. The zero-order valence-corrected chi connectivity index (χ0v) is 20.0. The molecule has 0 bridgehead atoms. The van der Waals surface area contributed by atoms with Crippen LogP contribution in [0, 0.1) is 0 Å². The van der Waals surface area contributed by atoms with Crippen LogP contribution in [-0.4, -0.2) is 30.7 Å². The molecule has 1 aromatic heterocycles. The lowest BCUT2D eigenvalue weighted by molar-refractivity contribution is 0.0950. The zero-order chi connectivity index (χ0) is 24.3. The number of sulfonamides is 1. The van der Waals surface area contributed by atoms with Gasteiger partial charge in [0.05, 0.1) is 17.1 Å². The Morgan fingerprint density at radius 2 is 1.74 bits per heavy atom. The van der Waals surface area contributed by atoms with Crippen LogP contribution in [0.5, 0.6) is 0 Å². The molecule has 0 unspecified atom stereocenters. The van der Waals surface area contributed by atoms with Crippen LogP contribution < -0.4 is 9.62 Å². The van der Waals surface area contributed by atoms with Gasteiger partial charge in [-0.3, -0.25) is 13.8 Å². The van der Waals surface area contributed by atoms with E-state index in [0.717, 1.165) is 29.5 Å². The normalized spacial score (nSPS) is 13.3. The van der Waals surface area contributed by atoms with Crippen LogP contribution in [0.1, 0.15) is 33.5 Å². The fourth-order valence-corrected chi connectivity index (χ4v) is 5.99. The monoisotopic (exact) mass is 486 g/mol. The zero-order valence-electron chi connectivity index (χ0n) is 19.2. The highest BCUT2D eigenvalue weighted by atomic mass is 32.2. The second kappa shape index (κ2) is 9.76. The molecule has 0 spiro atoms. The van der Waals surface area contributed by atoms with E-state index < -0.39 is 10.0 Å². The maximum atomic E-state index is 13.5. The molecule has 8 heteroatoms. The number of benzene rings is 3. The molecule has 0 saturated heterocycles. The van der Waals surface area contributed by atoms with Gasteiger partial charge < -0.3 is 5.32 Å². The summed E-state index contributed by atoms with van der Waals surface area (Å²) in [4.78, 5) is 13.1. The van der Waals surface area contributed by atoms with Crippen LogP contribution in [0.25, 0.3) is 0 Å². The van der Waals surface area contributed by atoms with Crippen LogP contribution in [-0.2, 0) is 29.5 Å². The fraction of sp³-hybridized carbons (Fsp3) is 0.185. The van der Waals surface area contributed by atoms with Crippen molar-refractivity contribution in [3.8, 4) is 0 Å². The van der Waals surface area contributed by atoms with Gasteiger partial charge in [-0.1, -0.05) is 48.5 Å². The Hall–Kier alpha value is -3.91. The van der Waals surface area contributed by atoms with Gasteiger partial charge in [-0.2, -0.15) is 5.10 Å². The van der Waals surface area contributed by atoms with Crippen LogP contribution >= 0.6 is 0 Å². The van der Waals surface area contributed by atoms with E-state index in [0.29, 0.717) is 30.9 Å². The molecule has 178 valence electrons. The third-order valence-corrected chi connectivity index (χ3v) is 8.01.